The first-order valence-corrected chi connectivity index (χ1v) is 18.2. The molecule has 13 heteroatoms. The van der Waals surface area contributed by atoms with E-state index in [0.717, 1.165) is 5.56 Å². The molecule has 0 unspecified atom stereocenters. The highest BCUT2D eigenvalue weighted by atomic mass is 32.2. The summed E-state index contributed by atoms with van der Waals surface area (Å²) in [5.74, 6) is -2.27. The summed E-state index contributed by atoms with van der Waals surface area (Å²) in [5.41, 5.74) is -0.0149. The molecule has 3 aliphatic rings. The Kier molecular flexibility index (Phi) is 12.7. The highest BCUT2D eigenvalue weighted by Crippen LogP contribution is 2.26. The molecule has 1 aromatic carbocycles. The summed E-state index contributed by atoms with van der Waals surface area (Å²) < 4.78 is 6.18. The normalized spacial score (nSPS) is 28.1. The highest BCUT2D eigenvalue weighted by Gasteiger charge is 2.42. The molecule has 4 N–H and O–H groups in total. The Labute approximate surface area is 294 Å². The van der Waals surface area contributed by atoms with Gasteiger partial charge in [-0.1, -0.05) is 64.1 Å². The second-order valence-electron chi connectivity index (χ2n) is 14.3. The summed E-state index contributed by atoms with van der Waals surface area (Å²) in [6.45, 7) is 17.0. The number of aliphatic imine (C=N–C) groups is 1. The lowest BCUT2D eigenvalue weighted by Crippen LogP contribution is -2.61. The molecule has 7 atom stereocenters. The van der Waals surface area contributed by atoms with E-state index in [1.807, 2.05) is 58.0 Å². The van der Waals surface area contributed by atoms with Crippen LogP contribution in [0.3, 0.4) is 0 Å². The summed E-state index contributed by atoms with van der Waals surface area (Å²) in [5, 5.41) is 12.4. The Hall–Kier alpha value is -3.71. The Morgan fingerprint density at radius 2 is 1.51 bits per heavy atom. The standard InChI is InChI=1S/C36H52N6O6S/c1-9-36(7,8)48-22(6)29-33(46)37-24(18-23-14-11-10-12-15-23)35(47)42-17-13-16-26(42)31(44)39-27(20(2)3)32(45)40-28(21(4)5)34-38-25(19-49-34)30(43)41-29/h9-12,14-15,20-22,24-29H,1,13,16-19H2,2-8H3,(H,37,46)(H,39,44)(H,40,45)(H,41,43)/t22-,24-,25-,26+,27+,28+,29+/m1/s1. The van der Waals surface area contributed by atoms with Crippen LogP contribution in [0, 0.1) is 11.8 Å². The number of hydrogen-bond acceptors (Lipinski definition) is 8. The Morgan fingerprint density at radius 1 is 0.898 bits per heavy atom. The molecular formula is C36H52N6O6S. The van der Waals surface area contributed by atoms with Crippen LogP contribution in [0.4, 0.5) is 0 Å². The maximum atomic E-state index is 14.3. The largest absolute Gasteiger partial charge is 0.366 e. The molecule has 1 saturated heterocycles. The summed E-state index contributed by atoms with van der Waals surface area (Å²) in [7, 11) is 0. The fraction of sp³-hybridized carbons (Fsp3) is 0.611. The molecule has 3 aliphatic heterocycles. The van der Waals surface area contributed by atoms with Crippen LogP contribution >= 0.6 is 11.8 Å². The number of fused-ring (bicyclic) bond motifs is 2. The van der Waals surface area contributed by atoms with E-state index in [1.54, 1.807) is 26.8 Å². The first-order valence-electron chi connectivity index (χ1n) is 17.2. The van der Waals surface area contributed by atoms with Gasteiger partial charge in [-0.05, 0) is 51.0 Å². The number of carbonyl (C=O) groups excluding carboxylic acids is 5. The van der Waals surface area contributed by atoms with Crippen molar-refractivity contribution in [3.05, 3.63) is 48.6 Å². The van der Waals surface area contributed by atoms with Gasteiger partial charge in [0.1, 0.15) is 30.2 Å². The van der Waals surface area contributed by atoms with Crippen molar-refractivity contribution in [3.8, 4) is 0 Å². The fourth-order valence-electron chi connectivity index (χ4n) is 6.29. The molecule has 0 aromatic heterocycles. The molecule has 3 heterocycles. The average Bonchev–Trinajstić information content (AvgIpc) is 3.74. The quantitative estimate of drug-likeness (QED) is 0.304. The SMILES string of the molecule is C=CC(C)(C)O[C@H](C)[C@@H]1NC(=O)[C@H]2CSC(=N2)[C@H](C(C)C)NC(=O)[C@H](C(C)C)NC(=O)[C@@H]2CCCN2C(=O)[C@@H](Cc2ccccc2)NC1=O. The average molecular weight is 697 g/mol. The molecule has 0 saturated carbocycles. The van der Waals surface area contributed by atoms with Gasteiger partial charge in [0.2, 0.25) is 29.5 Å². The van der Waals surface area contributed by atoms with Gasteiger partial charge in [-0.2, -0.15) is 0 Å². The van der Waals surface area contributed by atoms with Crippen molar-refractivity contribution in [3.63, 3.8) is 0 Å². The Balaban J connectivity index is 1.78. The second-order valence-corrected chi connectivity index (χ2v) is 15.4. The summed E-state index contributed by atoms with van der Waals surface area (Å²) in [6.07, 6.45) is 1.94. The first-order chi connectivity index (χ1) is 23.1. The van der Waals surface area contributed by atoms with Crippen LogP contribution in [-0.2, 0) is 35.1 Å². The van der Waals surface area contributed by atoms with Crippen LogP contribution < -0.4 is 21.3 Å². The van der Waals surface area contributed by atoms with Gasteiger partial charge < -0.3 is 30.9 Å². The first kappa shape index (κ1) is 38.1. The lowest BCUT2D eigenvalue weighted by Gasteiger charge is -2.34. The molecule has 1 fully saturated rings. The molecular weight excluding hydrogens is 644 g/mol. The molecule has 0 aliphatic carbocycles. The van der Waals surface area contributed by atoms with E-state index < -0.39 is 71.6 Å². The molecule has 0 spiro atoms. The van der Waals surface area contributed by atoms with E-state index in [-0.39, 0.29) is 24.2 Å². The van der Waals surface area contributed by atoms with E-state index in [0.29, 0.717) is 30.2 Å². The molecule has 268 valence electrons. The minimum atomic E-state index is -1.19. The maximum absolute atomic E-state index is 14.3. The Morgan fingerprint density at radius 3 is 2.14 bits per heavy atom. The van der Waals surface area contributed by atoms with E-state index in [1.165, 1.54) is 16.7 Å². The number of benzene rings is 1. The summed E-state index contributed by atoms with van der Waals surface area (Å²) in [6, 6.07) is 4.04. The van der Waals surface area contributed by atoms with Gasteiger partial charge in [-0.3, -0.25) is 29.0 Å². The van der Waals surface area contributed by atoms with Gasteiger partial charge >= 0.3 is 0 Å². The predicted octanol–water partition coefficient (Wildman–Crippen LogP) is 2.37. The Bertz CT molecular complexity index is 1430. The molecule has 4 rings (SSSR count). The third-order valence-corrected chi connectivity index (χ3v) is 10.4. The number of ether oxygens (including phenoxy) is 1. The lowest BCUT2D eigenvalue weighted by molar-refractivity contribution is -0.144. The van der Waals surface area contributed by atoms with Gasteiger partial charge in [-0.15, -0.1) is 18.3 Å². The maximum Gasteiger partial charge on any atom is 0.246 e. The molecule has 2 bridgehead atoms. The second kappa shape index (κ2) is 16.3. The summed E-state index contributed by atoms with van der Waals surface area (Å²) >= 11 is 1.38. The number of nitrogens with one attached hydrogen (secondary N) is 4. The van der Waals surface area contributed by atoms with E-state index >= 15 is 0 Å². The smallest absolute Gasteiger partial charge is 0.246 e. The van der Waals surface area contributed by atoms with Crippen LogP contribution in [0.15, 0.2) is 48.0 Å². The minimum Gasteiger partial charge on any atom is -0.366 e. The van der Waals surface area contributed by atoms with Crippen LogP contribution in [0.1, 0.15) is 66.9 Å². The number of rotatable bonds is 8. The van der Waals surface area contributed by atoms with E-state index in [9.17, 15) is 24.0 Å². The fourth-order valence-corrected chi connectivity index (χ4v) is 7.56. The topological polar surface area (TPSA) is 158 Å². The number of nitrogens with zero attached hydrogens (tertiary/aromatic N) is 2. The minimum absolute atomic E-state index is 0.0660. The van der Waals surface area contributed by atoms with Crippen molar-refractivity contribution in [2.24, 2.45) is 16.8 Å². The van der Waals surface area contributed by atoms with Crippen LogP contribution in [-0.4, -0.2) is 99.7 Å². The molecule has 49 heavy (non-hydrogen) atoms. The molecule has 12 nitrogen and oxygen atoms in total. The van der Waals surface area contributed by atoms with E-state index in [2.05, 4.69) is 27.8 Å². The predicted molar refractivity (Wildman–Crippen MR) is 191 cm³/mol. The van der Waals surface area contributed by atoms with Crippen molar-refractivity contribution >= 4 is 46.3 Å². The third kappa shape index (κ3) is 9.50. The number of thioether (sulfide) groups is 1. The van der Waals surface area contributed by atoms with Crippen LogP contribution in [0.5, 0.6) is 0 Å². The molecule has 5 amide bonds. The van der Waals surface area contributed by atoms with Crippen LogP contribution in [0.25, 0.3) is 0 Å². The number of carbonyl (C=O) groups is 5. The highest BCUT2D eigenvalue weighted by molar-refractivity contribution is 8.14. The zero-order valence-corrected chi connectivity index (χ0v) is 30.5. The third-order valence-electron chi connectivity index (χ3n) is 9.22. The number of hydrogen-bond donors (Lipinski definition) is 4. The molecule has 0 radical (unpaired) electrons. The van der Waals surface area contributed by atoms with Gasteiger partial charge in [0.25, 0.3) is 0 Å². The van der Waals surface area contributed by atoms with Crippen molar-refractivity contribution in [2.45, 2.75) is 116 Å². The van der Waals surface area contributed by atoms with E-state index in [4.69, 9.17) is 9.73 Å². The van der Waals surface area contributed by atoms with Crippen LogP contribution in [0.2, 0.25) is 0 Å². The van der Waals surface area contributed by atoms with Gasteiger partial charge in [0.15, 0.2) is 0 Å². The van der Waals surface area contributed by atoms with Crippen molar-refractivity contribution in [2.75, 3.05) is 12.3 Å². The van der Waals surface area contributed by atoms with Crippen molar-refractivity contribution in [1.82, 2.24) is 26.2 Å². The zero-order valence-electron chi connectivity index (χ0n) is 29.7. The van der Waals surface area contributed by atoms with Gasteiger partial charge in [0.05, 0.1) is 22.8 Å². The summed E-state index contributed by atoms with van der Waals surface area (Å²) in [4.78, 5) is 76.1. The van der Waals surface area contributed by atoms with Gasteiger partial charge in [-0.25, -0.2) is 0 Å². The zero-order chi connectivity index (χ0) is 36.0. The lowest BCUT2D eigenvalue weighted by atomic mass is 9.99. The van der Waals surface area contributed by atoms with Crippen molar-refractivity contribution in [1.29, 1.82) is 0 Å². The molecule has 1 aromatic rings. The van der Waals surface area contributed by atoms with Crippen molar-refractivity contribution < 1.29 is 28.7 Å². The van der Waals surface area contributed by atoms with Gasteiger partial charge in [0, 0.05) is 18.7 Å². The monoisotopic (exact) mass is 696 g/mol. The number of amides is 5.